The van der Waals surface area contributed by atoms with Crippen LogP contribution in [0.3, 0.4) is 0 Å². The number of aryl methyl sites for hydroxylation is 1. The molecule has 0 saturated carbocycles. The summed E-state index contributed by atoms with van der Waals surface area (Å²) >= 11 is 0. The zero-order chi connectivity index (χ0) is 23.7. The fraction of sp³-hybridized carbons (Fsp3) is 0.250. The molecule has 0 spiro atoms. The van der Waals surface area contributed by atoms with Gasteiger partial charge in [-0.15, -0.1) is 21.0 Å². The molecule has 3 N–H and O–H groups in total. The Kier molecular flexibility index (Phi) is 6.15. The van der Waals surface area contributed by atoms with Gasteiger partial charge in [-0.1, -0.05) is 24.3 Å². The predicted molar refractivity (Wildman–Crippen MR) is 131 cm³/mol. The van der Waals surface area contributed by atoms with Gasteiger partial charge in [0.15, 0.2) is 0 Å². The van der Waals surface area contributed by atoms with Crippen LogP contribution in [0.1, 0.15) is 17.7 Å². The lowest BCUT2D eigenvalue weighted by Gasteiger charge is -2.47. The Morgan fingerprint density at radius 3 is 2.29 bits per heavy atom. The zero-order valence-corrected chi connectivity index (χ0v) is 19.8. The van der Waals surface area contributed by atoms with E-state index < -0.39 is 10.8 Å². The standard InChI is InChI=1S/C24H26N6O3S/c1-16-22(24-29-28-23(33-24)19-6-4-17(5-7-19)14-25-2)27-21(15-26-16)18-8-10-20(11-9-18)34(31,32)30-12-3-13-30/h4-11,15,25,31-32H,3,12-14H2,1-2H3. The molecule has 2 aromatic carbocycles. The van der Waals surface area contributed by atoms with Gasteiger partial charge in [-0.2, -0.15) is 0 Å². The van der Waals surface area contributed by atoms with Crippen molar-refractivity contribution in [1.82, 2.24) is 29.8 Å². The van der Waals surface area contributed by atoms with Crippen LogP contribution in [0.2, 0.25) is 0 Å². The normalized spacial score (nSPS) is 14.7. The number of nitrogens with one attached hydrogen (secondary N) is 1. The molecular weight excluding hydrogens is 452 g/mol. The maximum absolute atomic E-state index is 10.5. The quantitative estimate of drug-likeness (QED) is 0.349. The van der Waals surface area contributed by atoms with E-state index in [9.17, 15) is 9.11 Å². The predicted octanol–water partition coefficient (Wildman–Crippen LogP) is 4.62. The molecule has 3 heterocycles. The molecule has 0 aliphatic carbocycles. The van der Waals surface area contributed by atoms with Crippen molar-refractivity contribution in [2.45, 2.75) is 24.8 Å². The van der Waals surface area contributed by atoms with Crippen LogP contribution in [0.5, 0.6) is 0 Å². The molecule has 1 saturated heterocycles. The van der Waals surface area contributed by atoms with Crippen LogP contribution in [-0.4, -0.2) is 53.7 Å². The molecule has 4 aromatic rings. The molecule has 0 radical (unpaired) electrons. The van der Waals surface area contributed by atoms with Crippen molar-refractivity contribution >= 4 is 10.8 Å². The molecular formula is C24H26N6O3S. The zero-order valence-electron chi connectivity index (χ0n) is 19.0. The first kappa shape index (κ1) is 22.6. The van der Waals surface area contributed by atoms with Gasteiger partial charge in [0.25, 0.3) is 5.89 Å². The molecule has 1 aliphatic heterocycles. The number of rotatable bonds is 7. The third-order valence-electron chi connectivity index (χ3n) is 5.81. The highest BCUT2D eigenvalue weighted by atomic mass is 32.3. The van der Waals surface area contributed by atoms with Gasteiger partial charge in [0.1, 0.15) is 5.69 Å². The molecule has 0 amide bonds. The van der Waals surface area contributed by atoms with E-state index in [-0.39, 0.29) is 0 Å². The van der Waals surface area contributed by atoms with Gasteiger partial charge in [0.2, 0.25) is 5.89 Å². The Hall–Kier alpha value is -3.15. The average molecular weight is 479 g/mol. The van der Waals surface area contributed by atoms with E-state index in [1.165, 1.54) is 0 Å². The molecule has 1 aliphatic rings. The smallest absolute Gasteiger partial charge is 0.268 e. The van der Waals surface area contributed by atoms with E-state index >= 15 is 0 Å². The highest BCUT2D eigenvalue weighted by molar-refractivity contribution is 8.22. The maximum Gasteiger partial charge on any atom is 0.268 e. The van der Waals surface area contributed by atoms with Gasteiger partial charge in [0.05, 0.1) is 22.5 Å². The number of hydrogen-bond donors (Lipinski definition) is 3. The van der Waals surface area contributed by atoms with Gasteiger partial charge < -0.3 is 9.73 Å². The highest BCUT2D eigenvalue weighted by Crippen LogP contribution is 2.53. The van der Waals surface area contributed by atoms with Crippen molar-refractivity contribution in [3.63, 3.8) is 0 Å². The van der Waals surface area contributed by atoms with Gasteiger partial charge in [-0.25, -0.2) is 9.29 Å². The van der Waals surface area contributed by atoms with Crippen molar-refractivity contribution in [3.05, 3.63) is 66.0 Å². The fourth-order valence-electron chi connectivity index (χ4n) is 3.70. The summed E-state index contributed by atoms with van der Waals surface area (Å²) in [7, 11) is -1.02. The fourth-order valence-corrected chi connectivity index (χ4v) is 5.26. The summed E-state index contributed by atoms with van der Waals surface area (Å²) in [5.74, 6) is 0.711. The van der Waals surface area contributed by atoms with Gasteiger partial charge >= 0.3 is 0 Å². The molecule has 176 valence electrons. The van der Waals surface area contributed by atoms with E-state index in [1.807, 2.05) is 50.4 Å². The molecule has 9 nitrogen and oxygen atoms in total. The lowest BCUT2D eigenvalue weighted by atomic mass is 10.1. The number of benzene rings is 2. The largest absolute Gasteiger partial charge is 0.415 e. The first-order valence-electron chi connectivity index (χ1n) is 11.0. The average Bonchev–Trinajstić information content (AvgIpc) is 3.29. The van der Waals surface area contributed by atoms with E-state index in [1.54, 1.807) is 22.6 Å². The topological polar surface area (TPSA) is 120 Å². The van der Waals surface area contributed by atoms with Crippen LogP contribution in [0.25, 0.3) is 34.3 Å². The summed E-state index contributed by atoms with van der Waals surface area (Å²) in [4.78, 5) is 9.68. The Labute approximate surface area is 199 Å². The SMILES string of the molecule is CNCc1ccc(-c2nnc(-c3nc(-c4ccc(S(O)(O)N5CCC5)cc4)cnc3C)o2)cc1. The van der Waals surface area contributed by atoms with Crippen LogP contribution >= 0.6 is 10.8 Å². The monoisotopic (exact) mass is 478 g/mol. The maximum atomic E-state index is 10.5. The lowest BCUT2D eigenvalue weighted by Crippen LogP contribution is -2.39. The summed E-state index contributed by atoms with van der Waals surface area (Å²) in [5, 5.41) is 11.5. The Bertz CT molecular complexity index is 1290. The molecule has 1 fully saturated rings. The second kappa shape index (κ2) is 9.24. The summed E-state index contributed by atoms with van der Waals surface area (Å²) < 4.78 is 28.7. The van der Waals surface area contributed by atoms with E-state index in [0.717, 1.165) is 29.7 Å². The molecule has 5 rings (SSSR count). The van der Waals surface area contributed by atoms with Crippen molar-refractivity contribution in [1.29, 1.82) is 0 Å². The number of nitrogens with zero attached hydrogens (tertiary/aromatic N) is 5. The molecule has 2 aromatic heterocycles. The van der Waals surface area contributed by atoms with Crippen LogP contribution < -0.4 is 5.32 Å². The summed E-state index contributed by atoms with van der Waals surface area (Å²) in [5.41, 5.74) is 4.61. The second-order valence-corrected chi connectivity index (χ2v) is 10.2. The van der Waals surface area contributed by atoms with Crippen molar-refractivity contribution in [3.8, 4) is 34.3 Å². The highest BCUT2D eigenvalue weighted by Gasteiger charge is 2.29. The second-order valence-electron chi connectivity index (χ2n) is 8.15. The summed E-state index contributed by atoms with van der Waals surface area (Å²) in [6.45, 7) is 4.02. The lowest BCUT2D eigenvalue weighted by molar-refractivity contribution is 0.270. The van der Waals surface area contributed by atoms with Crippen molar-refractivity contribution < 1.29 is 13.5 Å². The van der Waals surface area contributed by atoms with Crippen LogP contribution in [0.4, 0.5) is 0 Å². The van der Waals surface area contributed by atoms with Crippen LogP contribution in [0.15, 0.2) is 64.0 Å². The molecule has 0 unspecified atom stereocenters. The van der Waals surface area contributed by atoms with E-state index in [0.29, 0.717) is 46.8 Å². The Morgan fingerprint density at radius 1 is 0.971 bits per heavy atom. The molecule has 0 atom stereocenters. The van der Waals surface area contributed by atoms with E-state index in [4.69, 9.17) is 9.40 Å². The Balaban J connectivity index is 1.40. The van der Waals surface area contributed by atoms with Crippen LogP contribution in [0, 0.1) is 6.92 Å². The minimum atomic E-state index is -2.93. The molecule has 0 bridgehead atoms. The summed E-state index contributed by atoms with van der Waals surface area (Å²) in [6, 6.07) is 15.0. The third kappa shape index (κ3) is 4.33. The number of aromatic nitrogens is 4. The first-order valence-corrected chi connectivity index (χ1v) is 12.5. The number of hydrogen-bond acceptors (Lipinski definition) is 9. The Morgan fingerprint density at radius 2 is 1.65 bits per heavy atom. The molecule has 34 heavy (non-hydrogen) atoms. The van der Waals surface area contributed by atoms with Gasteiger partial charge in [0, 0.05) is 30.8 Å². The minimum Gasteiger partial charge on any atom is -0.415 e. The first-order chi connectivity index (χ1) is 16.5. The van der Waals surface area contributed by atoms with Crippen molar-refractivity contribution in [2.75, 3.05) is 20.1 Å². The minimum absolute atomic E-state index is 0.296. The van der Waals surface area contributed by atoms with Gasteiger partial charge in [-0.05, 0) is 50.2 Å². The van der Waals surface area contributed by atoms with Gasteiger partial charge in [-0.3, -0.25) is 14.1 Å². The van der Waals surface area contributed by atoms with E-state index in [2.05, 4.69) is 20.5 Å². The summed E-state index contributed by atoms with van der Waals surface area (Å²) in [6.07, 6.45) is 2.66. The molecule has 10 heteroatoms. The third-order valence-corrected chi connectivity index (χ3v) is 7.80. The van der Waals surface area contributed by atoms with Crippen LogP contribution in [-0.2, 0) is 6.54 Å². The van der Waals surface area contributed by atoms with Crippen molar-refractivity contribution in [2.24, 2.45) is 0 Å².